The standard InChI is InChI=1S/C38H35Cl2F3N4O5/c1-17-12-19(13-18(2)30(17)48)29-23-10-11-24-28(34(51)46(32(24)49)36(3,4)5)25(23)15-26-33(50)47(35(52)37(26,29)20-6-8-22(39)9-7-20)45-31-27(40)14-21(16-44-31)38(41,42)43/h6-10,12-14,16,24-26,28-29,48H,11,15H2,1-5H3,(H,44,45). The minimum Gasteiger partial charge on any atom is -0.507 e. The lowest BCUT2D eigenvalue weighted by Gasteiger charge is -2.50. The number of hydrazine groups is 1. The van der Waals surface area contributed by atoms with E-state index in [1.54, 1.807) is 71.0 Å². The van der Waals surface area contributed by atoms with Crippen LogP contribution in [0.3, 0.4) is 0 Å². The number of benzene rings is 2. The largest absolute Gasteiger partial charge is 0.507 e. The van der Waals surface area contributed by atoms with Crippen molar-refractivity contribution in [2.24, 2.45) is 23.7 Å². The third-order valence-corrected chi connectivity index (χ3v) is 11.6. The van der Waals surface area contributed by atoms with Crippen molar-refractivity contribution in [1.82, 2.24) is 14.9 Å². The van der Waals surface area contributed by atoms with E-state index in [-0.39, 0.29) is 36.2 Å². The van der Waals surface area contributed by atoms with Crippen LogP contribution in [0.15, 0.2) is 60.3 Å². The second-order valence-electron chi connectivity index (χ2n) is 15.1. The Kier molecular flexibility index (Phi) is 8.34. The molecule has 6 unspecified atom stereocenters. The van der Waals surface area contributed by atoms with Gasteiger partial charge in [-0.05, 0) is 93.8 Å². The van der Waals surface area contributed by atoms with Crippen LogP contribution >= 0.6 is 23.2 Å². The second kappa shape index (κ2) is 12.1. The highest BCUT2D eigenvalue weighted by molar-refractivity contribution is 6.33. The number of phenolic OH excluding ortho intramolecular Hbond substituents is 1. The zero-order valence-electron chi connectivity index (χ0n) is 28.8. The van der Waals surface area contributed by atoms with Crippen LogP contribution in [-0.2, 0) is 30.8 Å². The molecule has 272 valence electrons. The number of aromatic hydroxyl groups is 1. The monoisotopic (exact) mass is 754 g/mol. The number of rotatable bonds is 4. The summed E-state index contributed by atoms with van der Waals surface area (Å²) in [5, 5.41) is 11.5. The maximum atomic E-state index is 15.3. The average Bonchev–Trinajstić information content (AvgIpc) is 3.45. The molecule has 1 saturated carbocycles. The lowest BCUT2D eigenvalue weighted by molar-refractivity contribution is -0.146. The molecule has 0 radical (unpaired) electrons. The molecule has 6 atom stereocenters. The van der Waals surface area contributed by atoms with E-state index < -0.39 is 69.1 Å². The van der Waals surface area contributed by atoms with Gasteiger partial charge in [-0.1, -0.05) is 59.1 Å². The van der Waals surface area contributed by atoms with Gasteiger partial charge in [-0.25, -0.2) is 4.98 Å². The molecule has 52 heavy (non-hydrogen) atoms. The minimum atomic E-state index is -4.74. The number of imide groups is 2. The summed E-state index contributed by atoms with van der Waals surface area (Å²) in [5.41, 5.74) is 1.84. The predicted octanol–water partition coefficient (Wildman–Crippen LogP) is 7.51. The predicted molar refractivity (Wildman–Crippen MR) is 186 cm³/mol. The van der Waals surface area contributed by atoms with Crippen LogP contribution in [0.2, 0.25) is 10.0 Å². The van der Waals surface area contributed by atoms with Crippen molar-refractivity contribution in [1.29, 1.82) is 0 Å². The van der Waals surface area contributed by atoms with Crippen LogP contribution in [0.5, 0.6) is 5.75 Å². The van der Waals surface area contributed by atoms with Gasteiger partial charge in [0.25, 0.3) is 11.8 Å². The van der Waals surface area contributed by atoms with Gasteiger partial charge < -0.3 is 5.11 Å². The molecule has 2 aliphatic heterocycles. The number of pyridine rings is 1. The first kappa shape index (κ1) is 36.0. The van der Waals surface area contributed by atoms with Gasteiger partial charge in [-0.2, -0.15) is 18.2 Å². The number of nitrogens with one attached hydrogen (secondary N) is 1. The van der Waals surface area contributed by atoms with Gasteiger partial charge in [0, 0.05) is 22.7 Å². The highest BCUT2D eigenvalue weighted by Gasteiger charge is 2.70. The Hall–Kier alpha value is -4.42. The van der Waals surface area contributed by atoms with Gasteiger partial charge in [0.05, 0.1) is 33.8 Å². The van der Waals surface area contributed by atoms with Crippen molar-refractivity contribution < 1.29 is 37.5 Å². The fourth-order valence-electron chi connectivity index (χ4n) is 8.98. The van der Waals surface area contributed by atoms with E-state index in [1.807, 2.05) is 6.08 Å². The fourth-order valence-corrected chi connectivity index (χ4v) is 9.31. The number of halogens is 5. The first-order valence-corrected chi connectivity index (χ1v) is 17.6. The first-order chi connectivity index (χ1) is 24.3. The topological polar surface area (TPSA) is 120 Å². The average molecular weight is 756 g/mol. The summed E-state index contributed by atoms with van der Waals surface area (Å²) < 4.78 is 40.3. The summed E-state index contributed by atoms with van der Waals surface area (Å²) in [4.78, 5) is 63.2. The number of fused-ring (bicyclic) bond motifs is 4. The molecular formula is C38H35Cl2F3N4O5. The van der Waals surface area contributed by atoms with Crippen molar-refractivity contribution in [2.45, 2.75) is 70.5 Å². The normalized spacial score (nSPS) is 27.4. The number of amides is 4. The number of anilines is 1. The van der Waals surface area contributed by atoms with Crippen LogP contribution in [0.25, 0.3) is 0 Å². The van der Waals surface area contributed by atoms with Crippen molar-refractivity contribution in [3.8, 4) is 5.75 Å². The number of aromatic nitrogens is 1. The van der Waals surface area contributed by atoms with E-state index in [2.05, 4.69) is 10.4 Å². The van der Waals surface area contributed by atoms with E-state index in [1.165, 1.54) is 4.90 Å². The van der Waals surface area contributed by atoms with Crippen molar-refractivity contribution in [3.05, 3.63) is 98.2 Å². The highest BCUT2D eigenvalue weighted by Crippen LogP contribution is 2.64. The van der Waals surface area contributed by atoms with E-state index >= 15 is 4.79 Å². The molecule has 3 fully saturated rings. The molecule has 3 heterocycles. The Morgan fingerprint density at radius 3 is 2.13 bits per heavy atom. The van der Waals surface area contributed by atoms with Gasteiger partial charge in [-0.15, -0.1) is 0 Å². The SMILES string of the molecule is Cc1cc(C2C3=CCC4C(=O)N(C(C)(C)C)C(=O)C4C3CC3C(=O)N(Nc4ncc(C(F)(F)F)cc4Cl)C(=O)C32c2ccc(Cl)cc2)cc(C)c1O. The fraction of sp³-hybridized carbons (Fsp3) is 0.395. The van der Waals surface area contributed by atoms with Crippen molar-refractivity contribution in [2.75, 3.05) is 5.43 Å². The Labute approximate surface area is 307 Å². The molecule has 1 aromatic heterocycles. The van der Waals surface area contributed by atoms with Crippen LogP contribution in [0.4, 0.5) is 19.0 Å². The molecule has 2 aliphatic carbocycles. The second-order valence-corrected chi connectivity index (χ2v) is 15.9. The molecule has 0 spiro atoms. The van der Waals surface area contributed by atoms with Gasteiger partial charge in [0.1, 0.15) is 5.75 Å². The van der Waals surface area contributed by atoms with E-state index in [0.29, 0.717) is 45.1 Å². The molecule has 7 rings (SSSR count). The summed E-state index contributed by atoms with van der Waals surface area (Å²) in [6.45, 7) is 8.80. The summed E-state index contributed by atoms with van der Waals surface area (Å²) >= 11 is 12.6. The first-order valence-electron chi connectivity index (χ1n) is 16.8. The van der Waals surface area contributed by atoms with Crippen LogP contribution < -0.4 is 5.43 Å². The van der Waals surface area contributed by atoms with Crippen LogP contribution in [-0.4, -0.2) is 49.2 Å². The number of allylic oxidation sites excluding steroid dienone is 2. The molecule has 9 nitrogen and oxygen atoms in total. The van der Waals surface area contributed by atoms with Crippen LogP contribution in [0.1, 0.15) is 67.3 Å². The van der Waals surface area contributed by atoms with E-state index in [4.69, 9.17) is 23.2 Å². The maximum absolute atomic E-state index is 15.3. The zero-order valence-corrected chi connectivity index (χ0v) is 30.3. The lowest BCUT2D eigenvalue weighted by Crippen LogP contribution is -2.53. The Morgan fingerprint density at radius 2 is 1.56 bits per heavy atom. The van der Waals surface area contributed by atoms with Crippen molar-refractivity contribution in [3.63, 3.8) is 0 Å². The third kappa shape index (κ3) is 5.23. The van der Waals surface area contributed by atoms with E-state index in [9.17, 15) is 32.7 Å². The summed E-state index contributed by atoms with van der Waals surface area (Å²) in [6, 6.07) is 10.7. The number of carbonyl (C=O) groups is 4. The molecular weight excluding hydrogens is 720 g/mol. The Bertz CT molecular complexity index is 2070. The summed E-state index contributed by atoms with van der Waals surface area (Å²) in [7, 11) is 0. The van der Waals surface area contributed by atoms with Gasteiger partial charge in [0.2, 0.25) is 11.8 Å². The van der Waals surface area contributed by atoms with Gasteiger partial charge >= 0.3 is 6.18 Å². The number of alkyl halides is 3. The molecule has 2 saturated heterocycles. The number of phenols is 1. The number of hydrogen-bond donors (Lipinski definition) is 2. The van der Waals surface area contributed by atoms with E-state index in [0.717, 1.165) is 5.01 Å². The molecule has 4 amide bonds. The number of hydrogen-bond acceptors (Lipinski definition) is 7. The molecule has 0 bridgehead atoms. The Balaban J connectivity index is 1.46. The maximum Gasteiger partial charge on any atom is 0.417 e. The smallest absolute Gasteiger partial charge is 0.417 e. The molecule has 2 aromatic carbocycles. The Morgan fingerprint density at radius 1 is 0.923 bits per heavy atom. The number of nitrogens with zero attached hydrogens (tertiary/aromatic N) is 3. The third-order valence-electron chi connectivity index (χ3n) is 11.1. The molecule has 4 aliphatic rings. The van der Waals surface area contributed by atoms with Gasteiger partial charge in [-0.3, -0.25) is 29.5 Å². The quantitative estimate of drug-likeness (QED) is 0.209. The number of aryl methyl sites for hydroxylation is 2. The zero-order chi connectivity index (χ0) is 37.8. The summed E-state index contributed by atoms with van der Waals surface area (Å²) in [6.07, 6.45) is -2.03. The number of carbonyl (C=O) groups excluding carboxylic acids is 4. The van der Waals surface area contributed by atoms with Crippen LogP contribution in [0, 0.1) is 37.5 Å². The minimum absolute atomic E-state index is 0.0100. The lowest BCUT2D eigenvalue weighted by atomic mass is 9.49. The molecule has 14 heteroatoms. The molecule has 2 N–H and O–H groups in total. The van der Waals surface area contributed by atoms with Crippen molar-refractivity contribution >= 4 is 52.6 Å². The highest BCUT2D eigenvalue weighted by atomic mass is 35.5. The number of likely N-dealkylation sites (tertiary alicyclic amines) is 1. The summed E-state index contributed by atoms with van der Waals surface area (Å²) in [5.74, 6) is -6.46. The van der Waals surface area contributed by atoms with Gasteiger partial charge in [0.15, 0.2) is 5.82 Å². The molecule has 3 aromatic rings.